The molecule has 0 heterocycles. The van der Waals surface area contributed by atoms with Crippen molar-refractivity contribution in [2.45, 2.75) is 39.5 Å². The van der Waals surface area contributed by atoms with E-state index < -0.39 is 6.16 Å². The van der Waals surface area contributed by atoms with E-state index in [0.29, 0.717) is 0 Å². The molecule has 0 bridgehead atoms. The minimum atomic E-state index is -2.33. The van der Waals surface area contributed by atoms with Crippen molar-refractivity contribution < 1.29 is 74.1 Å². The van der Waals surface area contributed by atoms with E-state index in [1.165, 1.54) is 25.7 Å². The second-order valence-corrected chi connectivity index (χ2v) is 1.96. The second-order valence-electron chi connectivity index (χ2n) is 1.96. The Balaban J connectivity index is -0.0000000483. The van der Waals surface area contributed by atoms with Crippen LogP contribution in [0.2, 0.25) is 0 Å². The Morgan fingerprint density at radius 3 is 1.25 bits per heavy atom. The van der Waals surface area contributed by atoms with Gasteiger partial charge in [0.25, 0.3) is 0 Å². The van der Waals surface area contributed by atoms with Crippen LogP contribution in [-0.4, -0.2) is 6.16 Å². The van der Waals surface area contributed by atoms with Crippen molar-refractivity contribution in [3.8, 4) is 0 Å². The molecule has 0 aliphatic heterocycles. The first kappa shape index (κ1) is 23.2. The van der Waals surface area contributed by atoms with Gasteiger partial charge in [-0.1, -0.05) is 39.5 Å². The van der Waals surface area contributed by atoms with Crippen LogP contribution in [0.25, 0.3) is 0 Å². The fraction of sp³-hybridized carbons (Fsp3) is 0.857. The smallest absolute Gasteiger partial charge is 0.652 e. The summed E-state index contributed by atoms with van der Waals surface area (Å²) in [5.41, 5.74) is 0. The van der Waals surface area contributed by atoms with Crippen LogP contribution in [-0.2, 0) is 0 Å². The summed E-state index contributed by atoms with van der Waals surface area (Å²) < 4.78 is 0. The zero-order valence-corrected chi connectivity index (χ0v) is 12.6. The van der Waals surface area contributed by atoms with Gasteiger partial charge in [-0.25, -0.2) is 0 Å². The molecule has 3 nitrogen and oxygen atoms in total. The average Bonchev–Trinajstić information content (AvgIpc) is 1.82. The molecule has 62 valence electrons. The molecule has 0 saturated heterocycles. The Bertz CT molecular complexity index is 71.1. The Labute approximate surface area is 119 Å². The average molecular weight is 192 g/mol. The maximum absolute atomic E-state index is 8.33. The van der Waals surface area contributed by atoms with E-state index in [2.05, 4.69) is 13.8 Å². The van der Waals surface area contributed by atoms with Gasteiger partial charge in [-0.2, -0.15) is 0 Å². The van der Waals surface area contributed by atoms with Crippen molar-refractivity contribution in [2.75, 3.05) is 0 Å². The minimum absolute atomic E-state index is 0. The summed E-state index contributed by atoms with van der Waals surface area (Å²) >= 11 is 0. The Morgan fingerprint density at radius 1 is 1.00 bits per heavy atom. The molecule has 5 heteroatoms. The van der Waals surface area contributed by atoms with E-state index in [1.54, 1.807) is 0 Å². The summed E-state index contributed by atoms with van der Waals surface area (Å²) in [5, 5.41) is 16.7. The summed E-state index contributed by atoms with van der Waals surface area (Å²) in [7, 11) is 0. The molecule has 0 fully saturated rings. The predicted molar refractivity (Wildman–Crippen MR) is 35.2 cm³/mol. The van der Waals surface area contributed by atoms with Crippen LogP contribution in [0.3, 0.4) is 0 Å². The van der Waals surface area contributed by atoms with Crippen LogP contribution >= 0.6 is 0 Å². The van der Waals surface area contributed by atoms with E-state index in [4.69, 9.17) is 15.0 Å². The predicted octanol–water partition coefficient (Wildman–Crippen LogP) is -5.85. The zero-order chi connectivity index (χ0) is 8.41. The third-order valence-corrected chi connectivity index (χ3v) is 0.957. The van der Waals surface area contributed by atoms with Gasteiger partial charge in [-0.05, 0) is 6.16 Å². The third kappa shape index (κ3) is 65.2. The summed E-state index contributed by atoms with van der Waals surface area (Å²) in [6, 6.07) is 0. The number of rotatable bonds is 3. The number of hydrogen-bond acceptors (Lipinski definition) is 3. The van der Waals surface area contributed by atoms with Crippen molar-refractivity contribution in [1.29, 1.82) is 0 Å². The summed E-state index contributed by atoms with van der Waals surface area (Å²) in [5.74, 6) is 0. The van der Waals surface area contributed by atoms with Gasteiger partial charge >= 0.3 is 59.1 Å². The van der Waals surface area contributed by atoms with Crippen LogP contribution in [0.5, 0.6) is 0 Å². The molecule has 0 unspecified atom stereocenters. The molecule has 0 aromatic heterocycles. The maximum atomic E-state index is 8.33. The van der Waals surface area contributed by atoms with Gasteiger partial charge in [0.15, 0.2) is 0 Å². The zero-order valence-electron chi connectivity index (χ0n) is 8.55. The molecule has 12 heavy (non-hydrogen) atoms. The molecule has 0 spiro atoms. The van der Waals surface area contributed by atoms with E-state index in [-0.39, 0.29) is 59.1 Å². The number of carbonyl (C=O) groups excluding carboxylic acids is 1. The first-order valence-electron chi connectivity index (χ1n) is 3.53. The van der Waals surface area contributed by atoms with E-state index >= 15 is 0 Å². The minimum Gasteiger partial charge on any atom is -0.652 e. The van der Waals surface area contributed by atoms with Gasteiger partial charge in [-0.3, -0.25) is 0 Å². The van der Waals surface area contributed by atoms with Crippen LogP contribution in [0.15, 0.2) is 0 Å². The van der Waals surface area contributed by atoms with Crippen LogP contribution in [0.1, 0.15) is 39.5 Å². The molecular formula is C7H14Na2O3. The molecule has 0 aromatic carbocycles. The van der Waals surface area contributed by atoms with Crippen molar-refractivity contribution in [1.82, 2.24) is 0 Å². The van der Waals surface area contributed by atoms with Gasteiger partial charge in [0.05, 0.1) is 0 Å². The second kappa shape index (κ2) is 22.8. The summed E-state index contributed by atoms with van der Waals surface area (Å²) in [4.78, 5) is 8.33. The van der Waals surface area contributed by atoms with Crippen molar-refractivity contribution in [3.05, 3.63) is 0 Å². The molecule has 0 aliphatic rings. The van der Waals surface area contributed by atoms with Gasteiger partial charge in [0, 0.05) is 0 Å². The largest absolute Gasteiger partial charge is 1.00 e. The number of carbonyl (C=O) groups is 1. The molecule has 0 rings (SSSR count). The fourth-order valence-corrected chi connectivity index (χ4v) is 0.500. The number of hydrogen-bond donors (Lipinski definition) is 0. The first-order chi connectivity index (χ1) is 4.65. The van der Waals surface area contributed by atoms with E-state index in [0.717, 1.165) is 0 Å². The fourth-order valence-electron chi connectivity index (χ4n) is 0.500. The molecule has 0 amide bonds. The van der Waals surface area contributed by atoms with Crippen LogP contribution in [0, 0.1) is 0 Å². The monoisotopic (exact) mass is 192 g/mol. The maximum Gasteiger partial charge on any atom is 1.00 e. The number of carboxylic acid groups (broad SMARTS) is 2. The molecule has 0 saturated carbocycles. The molecule has 0 aliphatic carbocycles. The van der Waals surface area contributed by atoms with Crippen LogP contribution < -0.4 is 69.3 Å². The topological polar surface area (TPSA) is 63.2 Å². The SMILES string of the molecule is CCCCCC.O=C([O-])[O-].[Na+].[Na+]. The van der Waals surface area contributed by atoms with E-state index in [1.807, 2.05) is 0 Å². The molecule has 0 radical (unpaired) electrons. The normalized spacial score (nSPS) is 6.50. The quantitative estimate of drug-likeness (QED) is 0.330. The Kier molecular flexibility index (Phi) is 44.1. The third-order valence-electron chi connectivity index (χ3n) is 0.957. The Hall–Kier alpha value is 1.27. The van der Waals surface area contributed by atoms with Gasteiger partial charge in [0.2, 0.25) is 0 Å². The molecular weight excluding hydrogens is 178 g/mol. The molecule has 0 N–H and O–H groups in total. The van der Waals surface area contributed by atoms with Gasteiger partial charge < -0.3 is 15.0 Å². The first-order valence-corrected chi connectivity index (χ1v) is 3.53. The van der Waals surface area contributed by atoms with Crippen molar-refractivity contribution in [2.24, 2.45) is 0 Å². The molecule has 0 atom stereocenters. The summed E-state index contributed by atoms with van der Waals surface area (Å²) in [6.07, 6.45) is 3.20. The standard InChI is InChI=1S/C6H14.CH2O3.2Na/c1-3-5-6-4-2;2-1(3)4;;/h3-6H2,1-2H3;(H2,2,3,4);;/q;;2*+1/p-2. The van der Waals surface area contributed by atoms with Crippen molar-refractivity contribution in [3.63, 3.8) is 0 Å². The Morgan fingerprint density at radius 2 is 1.17 bits per heavy atom. The van der Waals surface area contributed by atoms with Gasteiger partial charge in [-0.15, -0.1) is 0 Å². The summed E-state index contributed by atoms with van der Waals surface area (Å²) in [6.45, 7) is 4.46. The van der Waals surface area contributed by atoms with Crippen molar-refractivity contribution >= 4 is 6.16 Å². The number of unbranched alkanes of at least 4 members (excludes halogenated alkanes) is 3. The van der Waals surface area contributed by atoms with Crippen LogP contribution in [0.4, 0.5) is 4.79 Å². The van der Waals surface area contributed by atoms with E-state index in [9.17, 15) is 0 Å². The van der Waals surface area contributed by atoms with Gasteiger partial charge in [0.1, 0.15) is 0 Å². The molecule has 0 aromatic rings.